The SMILES string of the molecule is CCCC(C)(CO)NCc1ccc(N2CCCC2)nc1. The van der Waals surface area contributed by atoms with E-state index >= 15 is 0 Å². The average molecular weight is 277 g/mol. The molecule has 1 fully saturated rings. The first kappa shape index (κ1) is 15.3. The van der Waals surface area contributed by atoms with Crippen molar-refractivity contribution < 1.29 is 5.11 Å². The summed E-state index contributed by atoms with van der Waals surface area (Å²) in [4.78, 5) is 6.90. The fourth-order valence-corrected chi connectivity index (χ4v) is 2.75. The van der Waals surface area contributed by atoms with Crippen molar-refractivity contribution >= 4 is 5.82 Å². The summed E-state index contributed by atoms with van der Waals surface area (Å²) in [7, 11) is 0. The zero-order valence-corrected chi connectivity index (χ0v) is 12.7. The lowest BCUT2D eigenvalue weighted by molar-refractivity contribution is 0.163. The molecule has 2 heterocycles. The molecule has 1 unspecified atom stereocenters. The highest BCUT2D eigenvalue weighted by Crippen LogP contribution is 2.18. The summed E-state index contributed by atoms with van der Waals surface area (Å²) < 4.78 is 0. The Morgan fingerprint density at radius 2 is 2.10 bits per heavy atom. The van der Waals surface area contributed by atoms with E-state index in [1.807, 2.05) is 6.20 Å². The molecule has 1 aliphatic rings. The van der Waals surface area contributed by atoms with Gasteiger partial charge in [0.25, 0.3) is 0 Å². The summed E-state index contributed by atoms with van der Waals surface area (Å²) in [6.45, 7) is 7.39. The molecule has 2 rings (SSSR count). The van der Waals surface area contributed by atoms with Crippen molar-refractivity contribution in [2.75, 3.05) is 24.6 Å². The summed E-state index contributed by atoms with van der Waals surface area (Å²) in [5.41, 5.74) is 0.978. The predicted molar refractivity (Wildman–Crippen MR) is 82.9 cm³/mol. The molecule has 1 saturated heterocycles. The maximum atomic E-state index is 9.50. The highest BCUT2D eigenvalue weighted by Gasteiger charge is 2.21. The third-order valence-corrected chi connectivity index (χ3v) is 4.11. The minimum Gasteiger partial charge on any atom is -0.394 e. The molecule has 0 bridgehead atoms. The second kappa shape index (κ2) is 7.04. The van der Waals surface area contributed by atoms with E-state index in [0.29, 0.717) is 0 Å². The number of hydrogen-bond donors (Lipinski definition) is 2. The molecule has 0 saturated carbocycles. The largest absolute Gasteiger partial charge is 0.394 e. The second-order valence-corrected chi connectivity index (χ2v) is 6.04. The summed E-state index contributed by atoms with van der Waals surface area (Å²) in [5.74, 6) is 1.09. The fourth-order valence-electron chi connectivity index (χ4n) is 2.75. The van der Waals surface area contributed by atoms with Crippen LogP contribution in [0.4, 0.5) is 5.82 Å². The lowest BCUT2D eigenvalue weighted by Gasteiger charge is -2.28. The van der Waals surface area contributed by atoms with E-state index in [1.54, 1.807) is 0 Å². The monoisotopic (exact) mass is 277 g/mol. The van der Waals surface area contributed by atoms with Gasteiger partial charge < -0.3 is 15.3 Å². The van der Waals surface area contributed by atoms with Crippen molar-refractivity contribution in [1.82, 2.24) is 10.3 Å². The first-order valence-corrected chi connectivity index (χ1v) is 7.72. The molecule has 0 radical (unpaired) electrons. The molecule has 0 aliphatic carbocycles. The molecule has 0 aromatic carbocycles. The van der Waals surface area contributed by atoms with E-state index in [1.165, 1.54) is 18.4 Å². The third kappa shape index (κ3) is 3.93. The molecule has 1 atom stereocenters. The Balaban J connectivity index is 1.90. The summed E-state index contributed by atoms with van der Waals surface area (Å²) in [5, 5.41) is 12.9. The number of rotatable bonds is 7. The highest BCUT2D eigenvalue weighted by molar-refractivity contribution is 5.40. The van der Waals surface area contributed by atoms with Crippen molar-refractivity contribution in [2.24, 2.45) is 0 Å². The van der Waals surface area contributed by atoms with Crippen LogP contribution < -0.4 is 10.2 Å². The molecule has 112 valence electrons. The predicted octanol–water partition coefficient (Wildman–Crippen LogP) is 2.32. The average Bonchev–Trinajstić information content (AvgIpc) is 3.00. The number of aromatic nitrogens is 1. The van der Waals surface area contributed by atoms with Gasteiger partial charge in [-0.1, -0.05) is 19.4 Å². The van der Waals surface area contributed by atoms with Crippen molar-refractivity contribution in [3.63, 3.8) is 0 Å². The van der Waals surface area contributed by atoms with Crippen LogP contribution in [0.15, 0.2) is 18.3 Å². The number of nitrogens with one attached hydrogen (secondary N) is 1. The van der Waals surface area contributed by atoms with Gasteiger partial charge in [-0.25, -0.2) is 4.98 Å². The molecule has 1 aromatic heterocycles. The molecule has 4 heteroatoms. The highest BCUT2D eigenvalue weighted by atomic mass is 16.3. The fraction of sp³-hybridized carbons (Fsp3) is 0.688. The van der Waals surface area contributed by atoms with Gasteiger partial charge in [0.2, 0.25) is 0 Å². The Kier molecular flexibility index (Phi) is 5.38. The van der Waals surface area contributed by atoms with E-state index in [2.05, 4.69) is 41.2 Å². The van der Waals surface area contributed by atoms with E-state index < -0.39 is 0 Å². The van der Waals surface area contributed by atoms with E-state index in [-0.39, 0.29) is 12.1 Å². The minimum absolute atomic E-state index is 0.167. The second-order valence-electron chi connectivity index (χ2n) is 6.04. The van der Waals surface area contributed by atoms with Crippen LogP contribution in [0.3, 0.4) is 0 Å². The minimum atomic E-state index is -0.192. The maximum Gasteiger partial charge on any atom is 0.128 e. The van der Waals surface area contributed by atoms with Gasteiger partial charge in [-0.2, -0.15) is 0 Å². The zero-order valence-electron chi connectivity index (χ0n) is 12.7. The van der Waals surface area contributed by atoms with Crippen molar-refractivity contribution in [2.45, 2.75) is 51.6 Å². The number of aliphatic hydroxyl groups is 1. The number of aliphatic hydroxyl groups excluding tert-OH is 1. The molecular formula is C16H27N3O. The van der Waals surface area contributed by atoms with Crippen LogP contribution in [0.2, 0.25) is 0 Å². The molecule has 0 spiro atoms. The Hall–Kier alpha value is -1.13. The van der Waals surface area contributed by atoms with Crippen LogP contribution in [0.5, 0.6) is 0 Å². The van der Waals surface area contributed by atoms with Gasteiger partial charge in [0.15, 0.2) is 0 Å². The van der Waals surface area contributed by atoms with Crippen molar-refractivity contribution in [1.29, 1.82) is 0 Å². The third-order valence-electron chi connectivity index (χ3n) is 4.11. The van der Waals surface area contributed by atoms with Crippen LogP contribution in [0, 0.1) is 0 Å². The van der Waals surface area contributed by atoms with Crippen LogP contribution in [0.1, 0.15) is 45.1 Å². The maximum absolute atomic E-state index is 9.50. The van der Waals surface area contributed by atoms with Gasteiger partial charge in [-0.15, -0.1) is 0 Å². The van der Waals surface area contributed by atoms with Crippen LogP contribution in [0.25, 0.3) is 0 Å². The molecular weight excluding hydrogens is 250 g/mol. The summed E-state index contributed by atoms with van der Waals surface area (Å²) in [6, 6.07) is 4.25. The van der Waals surface area contributed by atoms with E-state index in [4.69, 9.17) is 0 Å². The Bertz CT molecular complexity index is 401. The lowest BCUT2D eigenvalue weighted by atomic mass is 9.97. The number of pyridine rings is 1. The van der Waals surface area contributed by atoms with Crippen LogP contribution in [-0.4, -0.2) is 35.3 Å². The molecule has 2 N–H and O–H groups in total. The first-order chi connectivity index (χ1) is 9.67. The summed E-state index contributed by atoms with van der Waals surface area (Å²) in [6.07, 6.45) is 6.54. The smallest absolute Gasteiger partial charge is 0.128 e. The van der Waals surface area contributed by atoms with Gasteiger partial charge in [0.05, 0.1) is 6.61 Å². The Morgan fingerprint density at radius 1 is 1.35 bits per heavy atom. The molecule has 20 heavy (non-hydrogen) atoms. The molecule has 0 amide bonds. The van der Waals surface area contributed by atoms with Crippen molar-refractivity contribution in [3.05, 3.63) is 23.9 Å². The van der Waals surface area contributed by atoms with Crippen molar-refractivity contribution in [3.8, 4) is 0 Å². The van der Waals surface area contributed by atoms with Gasteiger partial charge in [-0.3, -0.25) is 0 Å². The summed E-state index contributed by atoms with van der Waals surface area (Å²) >= 11 is 0. The standard InChI is InChI=1S/C16H27N3O/c1-3-8-16(2,13-20)18-12-14-6-7-15(17-11-14)19-9-4-5-10-19/h6-7,11,18,20H,3-5,8-10,12-13H2,1-2H3. The molecule has 4 nitrogen and oxygen atoms in total. The number of hydrogen-bond acceptors (Lipinski definition) is 4. The topological polar surface area (TPSA) is 48.4 Å². The molecule has 1 aromatic rings. The van der Waals surface area contributed by atoms with E-state index in [0.717, 1.165) is 38.3 Å². The van der Waals surface area contributed by atoms with Gasteiger partial charge >= 0.3 is 0 Å². The number of anilines is 1. The first-order valence-electron chi connectivity index (χ1n) is 7.72. The van der Waals surface area contributed by atoms with Crippen LogP contribution in [-0.2, 0) is 6.54 Å². The normalized spacial score (nSPS) is 18.2. The van der Waals surface area contributed by atoms with Gasteiger partial charge in [0, 0.05) is 31.4 Å². The Morgan fingerprint density at radius 3 is 2.65 bits per heavy atom. The zero-order chi connectivity index (χ0) is 14.4. The van der Waals surface area contributed by atoms with Gasteiger partial charge in [0.1, 0.15) is 5.82 Å². The van der Waals surface area contributed by atoms with Gasteiger partial charge in [-0.05, 0) is 37.8 Å². The lowest BCUT2D eigenvalue weighted by Crippen LogP contribution is -2.45. The van der Waals surface area contributed by atoms with E-state index in [9.17, 15) is 5.11 Å². The Labute approximate surface area is 122 Å². The number of nitrogens with zero attached hydrogens (tertiary/aromatic N) is 2. The van der Waals surface area contributed by atoms with Crippen LogP contribution >= 0.6 is 0 Å². The quantitative estimate of drug-likeness (QED) is 0.803. The molecule has 1 aliphatic heterocycles.